The number of alkyl carbamates (subject to hydrolysis) is 1. The van der Waals surface area contributed by atoms with E-state index in [9.17, 15) is 14.0 Å². The summed E-state index contributed by atoms with van der Waals surface area (Å²) in [6.07, 6.45) is 4.61. The number of pyridine rings is 1. The number of rotatable bonds is 8. The number of nitrogens with one attached hydrogen (secondary N) is 2. The molecule has 0 bridgehead atoms. The van der Waals surface area contributed by atoms with Gasteiger partial charge < -0.3 is 15.4 Å². The van der Waals surface area contributed by atoms with Crippen LogP contribution in [0.15, 0.2) is 61.8 Å². The van der Waals surface area contributed by atoms with E-state index < -0.39 is 29.5 Å². The van der Waals surface area contributed by atoms with Crippen LogP contribution in [0.1, 0.15) is 45.9 Å². The van der Waals surface area contributed by atoms with Gasteiger partial charge in [0.15, 0.2) is 0 Å². The molecule has 2 atom stereocenters. The summed E-state index contributed by atoms with van der Waals surface area (Å²) in [7, 11) is 0. The van der Waals surface area contributed by atoms with Crippen LogP contribution in [0.2, 0.25) is 0 Å². The van der Waals surface area contributed by atoms with Crippen LogP contribution in [-0.4, -0.2) is 22.6 Å². The molecular weight excluding hydrogens is 409 g/mol. The third-order valence-electron chi connectivity index (χ3n) is 4.55. The average Bonchev–Trinajstić information content (AvgIpc) is 2.72. The molecule has 2 N–H and O–H groups in total. The van der Waals surface area contributed by atoms with E-state index in [0.717, 1.165) is 0 Å². The lowest BCUT2D eigenvalue weighted by Gasteiger charge is -2.23. The molecule has 2 rings (SSSR count). The van der Waals surface area contributed by atoms with E-state index in [4.69, 9.17) is 4.74 Å². The molecule has 32 heavy (non-hydrogen) atoms. The van der Waals surface area contributed by atoms with E-state index in [0.29, 0.717) is 28.9 Å². The molecule has 0 spiro atoms. The predicted octanol–water partition coefficient (Wildman–Crippen LogP) is 5.79. The van der Waals surface area contributed by atoms with Crippen molar-refractivity contribution < 1.29 is 18.7 Å². The molecule has 1 aromatic heterocycles. The van der Waals surface area contributed by atoms with Gasteiger partial charge in [-0.1, -0.05) is 19.1 Å². The van der Waals surface area contributed by atoms with Crippen molar-refractivity contribution in [3.63, 3.8) is 0 Å². The summed E-state index contributed by atoms with van der Waals surface area (Å²) in [6.45, 7) is 14.4. The number of benzene rings is 1. The lowest BCUT2D eigenvalue weighted by Crippen LogP contribution is -2.35. The van der Waals surface area contributed by atoms with Gasteiger partial charge in [-0.2, -0.15) is 0 Å². The first kappa shape index (κ1) is 24.8. The number of aromatic nitrogens is 1. The molecule has 2 amide bonds. The molecule has 7 heteroatoms. The number of hydrogen-bond donors (Lipinski definition) is 2. The van der Waals surface area contributed by atoms with Gasteiger partial charge in [0.2, 0.25) is 5.91 Å². The molecular formula is C25H30FN3O3. The van der Waals surface area contributed by atoms with Crippen molar-refractivity contribution in [3.05, 3.63) is 73.3 Å². The van der Waals surface area contributed by atoms with Gasteiger partial charge in [0.05, 0.1) is 17.7 Å². The minimum atomic E-state index is -0.644. The number of halogens is 1. The lowest BCUT2D eigenvalue weighted by molar-refractivity contribution is -0.118. The molecule has 1 aromatic carbocycles. The summed E-state index contributed by atoms with van der Waals surface area (Å²) in [5.41, 5.74) is 1.50. The normalized spacial score (nSPS) is 12.9. The van der Waals surface area contributed by atoms with E-state index in [2.05, 4.69) is 28.8 Å². The first-order valence-corrected chi connectivity index (χ1v) is 10.3. The molecule has 6 nitrogen and oxygen atoms in total. The largest absolute Gasteiger partial charge is 0.444 e. The average molecular weight is 440 g/mol. The topological polar surface area (TPSA) is 80.3 Å². The van der Waals surface area contributed by atoms with Crippen LogP contribution in [0, 0.1) is 11.7 Å². The second-order valence-electron chi connectivity index (χ2n) is 8.40. The maximum absolute atomic E-state index is 14.1. The van der Waals surface area contributed by atoms with E-state index in [1.54, 1.807) is 52.1 Å². The Balaban J connectivity index is 2.39. The zero-order valence-corrected chi connectivity index (χ0v) is 18.9. The first-order chi connectivity index (χ1) is 15.0. The third-order valence-corrected chi connectivity index (χ3v) is 4.55. The highest BCUT2D eigenvalue weighted by Gasteiger charge is 2.21. The molecule has 0 saturated carbocycles. The molecule has 1 heterocycles. The van der Waals surface area contributed by atoms with Crippen molar-refractivity contribution in [2.75, 3.05) is 5.32 Å². The fourth-order valence-electron chi connectivity index (χ4n) is 2.89. The smallest absolute Gasteiger partial charge is 0.408 e. The molecule has 0 fully saturated rings. The van der Waals surface area contributed by atoms with Gasteiger partial charge in [-0.25, -0.2) is 9.18 Å². The molecule has 0 radical (unpaired) electrons. The first-order valence-electron chi connectivity index (χ1n) is 10.3. The van der Waals surface area contributed by atoms with Gasteiger partial charge in [0.25, 0.3) is 0 Å². The highest BCUT2D eigenvalue weighted by Crippen LogP contribution is 2.31. The molecule has 0 aliphatic heterocycles. The summed E-state index contributed by atoms with van der Waals surface area (Å²) in [5, 5.41) is 5.62. The van der Waals surface area contributed by atoms with E-state index in [-0.39, 0.29) is 5.91 Å². The summed E-state index contributed by atoms with van der Waals surface area (Å²) < 4.78 is 19.4. The zero-order valence-electron chi connectivity index (χ0n) is 18.9. The second kappa shape index (κ2) is 10.7. The van der Waals surface area contributed by atoms with Gasteiger partial charge in [0, 0.05) is 17.4 Å². The predicted molar refractivity (Wildman–Crippen MR) is 125 cm³/mol. The van der Waals surface area contributed by atoms with Crippen LogP contribution < -0.4 is 10.6 Å². The quantitative estimate of drug-likeness (QED) is 0.510. The highest BCUT2D eigenvalue weighted by molar-refractivity contribution is 5.97. The van der Waals surface area contributed by atoms with E-state index in [1.807, 2.05) is 0 Å². The van der Waals surface area contributed by atoms with Crippen molar-refractivity contribution in [3.8, 4) is 11.1 Å². The Labute approximate surface area is 188 Å². The fourth-order valence-corrected chi connectivity index (χ4v) is 2.89. The zero-order chi connectivity index (χ0) is 23.9. The van der Waals surface area contributed by atoms with Crippen LogP contribution in [0.25, 0.3) is 11.1 Å². The number of amides is 2. The standard InChI is InChI=1S/C25H30FN3O3/c1-7-9-21(29-24(31)32-25(4,5)6)22-14-17(12-13-27-22)19-15-18(26)10-11-20(19)28-23(30)16(3)8-2/h7-8,10-16,21H,1-2,9H2,3-6H3,(H,28,30)(H,29,31)/t16-,21+/m1/s1. The van der Waals surface area contributed by atoms with Gasteiger partial charge in [-0.15, -0.1) is 13.2 Å². The number of nitrogens with zero attached hydrogens (tertiary/aromatic N) is 1. The minimum Gasteiger partial charge on any atom is -0.444 e. The maximum atomic E-state index is 14.1. The fraction of sp³-hybridized carbons (Fsp3) is 0.320. The van der Waals surface area contributed by atoms with Crippen LogP contribution in [0.5, 0.6) is 0 Å². The van der Waals surface area contributed by atoms with Crippen LogP contribution in [-0.2, 0) is 9.53 Å². The number of carbonyl (C=O) groups is 2. The molecule has 2 aromatic rings. The molecule has 0 aliphatic rings. The molecule has 0 unspecified atom stereocenters. The Hall–Kier alpha value is -3.48. The summed E-state index contributed by atoms with van der Waals surface area (Å²) in [4.78, 5) is 29.0. The number of anilines is 1. The van der Waals surface area contributed by atoms with Crippen molar-refractivity contribution >= 4 is 17.7 Å². The second-order valence-corrected chi connectivity index (χ2v) is 8.40. The number of hydrogen-bond acceptors (Lipinski definition) is 4. The SMILES string of the molecule is C=CC[C@H](NC(=O)OC(C)(C)C)c1cc(-c2cc(F)ccc2NC(=O)[C@H](C)C=C)ccn1. The molecule has 170 valence electrons. The molecule has 0 saturated heterocycles. The number of ether oxygens (including phenoxy) is 1. The van der Waals surface area contributed by atoms with E-state index in [1.165, 1.54) is 24.3 Å². The Kier molecular flexibility index (Phi) is 8.29. The van der Waals surface area contributed by atoms with Gasteiger partial charge >= 0.3 is 6.09 Å². The van der Waals surface area contributed by atoms with E-state index >= 15 is 0 Å². The van der Waals surface area contributed by atoms with Crippen LogP contribution in [0.4, 0.5) is 14.9 Å². The monoisotopic (exact) mass is 439 g/mol. The Morgan fingerprint density at radius 1 is 1.22 bits per heavy atom. The summed E-state index contributed by atoms with van der Waals surface area (Å²) >= 11 is 0. The maximum Gasteiger partial charge on any atom is 0.408 e. The third kappa shape index (κ3) is 7.04. The van der Waals surface area contributed by atoms with Gasteiger partial charge in [0.1, 0.15) is 11.4 Å². The number of carbonyl (C=O) groups excluding carboxylic acids is 2. The van der Waals surface area contributed by atoms with Crippen molar-refractivity contribution in [1.29, 1.82) is 0 Å². The van der Waals surface area contributed by atoms with Gasteiger partial charge in [-0.3, -0.25) is 9.78 Å². The van der Waals surface area contributed by atoms with Crippen LogP contribution >= 0.6 is 0 Å². The molecule has 0 aliphatic carbocycles. The summed E-state index contributed by atoms with van der Waals surface area (Å²) in [6, 6.07) is 7.10. The lowest BCUT2D eigenvalue weighted by atomic mass is 10.0. The van der Waals surface area contributed by atoms with Gasteiger partial charge in [-0.05, 0) is 63.1 Å². The van der Waals surface area contributed by atoms with Crippen molar-refractivity contribution in [1.82, 2.24) is 10.3 Å². The summed E-state index contributed by atoms with van der Waals surface area (Å²) in [5.74, 6) is -1.10. The Bertz CT molecular complexity index is 998. The highest BCUT2D eigenvalue weighted by atomic mass is 19.1. The Morgan fingerprint density at radius 3 is 2.56 bits per heavy atom. The Morgan fingerprint density at radius 2 is 1.94 bits per heavy atom. The van der Waals surface area contributed by atoms with Crippen molar-refractivity contribution in [2.45, 2.75) is 45.8 Å². The minimum absolute atomic E-state index is 0.252. The van der Waals surface area contributed by atoms with Crippen LogP contribution in [0.3, 0.4) is 0 Å². The van der Waals surface area contributed by atoms with Crippen molar-refractivity contribution in [2.24, 2.45) is 5.92 Å².